The summed E-state index contributed by atoms with van der Waals surface area (Å²) in [6.45, 7) is 6.15. The molecule has 1 aromatic rings. The summed E-state index contributed by atoms with van der Waals surface area (Å²) in [5.41, 5.74) is 2.52. The molecule has 17 heavy (non-hydrogen) atoms. The number of hydrogen-bond acceptors (Lipinski definition) is 2. The average Bonchev–Trinajstić information content (AvgIpc) is 2.27. The van der Waals surface area contributed by atoms with Gasteiger partial charge in [-0.3, -0.25) is 0 Å². The van der Waals surface area contributed by atoms with Crippen LogP contribution < -0.4 is 4.74 Å². The fraction of sp³-hybridized carbons (Fsp3) is 0.533. The number of nitrogens with zero attached hydrogens (tertiary/aromatic N) is 1. The molecule has 0 aliphatic carbocycles. The van der Waals surface area contributed by atoms with E-state index in [4.69, 9.17) is 10.00 Å². The van der Waals surface area contributed by atoms with Crippen LogP contribution in [0.3, 0.4) is 0 Å². The molecule has 0 atom stereocenters. The number of rotatable bonds is 6. The van der Waals surface area contributed by atoms with E-state index in [0.717, 1.165) is 25.0 Å². The van der Waals surface area contributed by atoms with Gasteiger partial charge in [-0.05, 0) is 57.2 Å². The first kappa shape index (κ1) is 13.6. The van der Waals surface area contributed by atoms with Crippen molar-refractivity contribution in [1.82, 2.24) is 0 Å². The predicted octanol–water partition coefficient (Wildman–Crippen LogP) is 4.02. The van der Waals surface area contributed by atoms with Crippen LogP contribution in [-0.2, 0) is 6.42 Å². The first-order valence-electron chi connectivity index (χ1n) is 6.26. The molecular weight excluding hydrogens is 210 g/mol. The van der Waals surface area contributed by atoms with Crippen molar-refractivity contribution in [2.45, 2.75) is 52.6 Å². The molecule has 1 aromatic carbocycles. The maximum atomic E-state index is 8.46. The topological polar surface area (TPSA) is 33.0 Å². The molecule has 0 aliphatic heterocycles. The zero-order valence-corrected chi connectivity index (χ0v) is 11.0. The summed E-state index contributed by atoms with van der Waals surface area (Å²) in [7, 11) is 0. The Morgan fingerprint density at radius 1 is 1.29 bits per heavy atom. The molecule has 0 fully saturated rings. The molecular formula is C15H21NO. The van der Waals surface area contributed by atoms with Gasteiger partial charge in [-0.2, -0.15) is 5.26 Å². The molecule has 2 heteroatoms. The van der Waals surface area contributed by atoms with E-state index in [9.17, 15) is 0 Å². The molecule has 92 valence electrons. The number of ether oxygens (including phenoxy) is 1. The fourth-order valence-electron chi connectivity index (χ4n) is 1.79. The summed E-state index contributed by atoms with van der Waals surface area (Å²) in [5.74, 6) is 0.973. The first-order chi connectivity index (χ1) is 8.13. The van der Waals surface area contributed by atoms with Crippen LogP contribution in [0.1, 0.15) is 44.2 Å². The lowest BCUT2D eigenvalue weighted by molar-refractivity contribution is 0.240. The van der Waals surface area contributed by atoms with Gasteiger partial charge in [0.15, 0.2) is 0 Å². The Balaban J connectivity index is 2.53. The van der Waals surface area contributed by atoms with Gasteiger partial charge in [0, 0.05) is 6.42 Å². The SMILES string of the molecule is Cc1cc(CCCCC#N)ccc1OC(C)C. The van der Waals surface area contributed by atoms with Gasteiger partial charge in [-0.25, -0.2) is 0 Å². The van der Waals surface area contributed by atoms with Crippen molar-refractivity contribution in [2.24, 2.45) is 0 Å². The van der Waals surface area contributed by atoms with Crippen molar-refractivity contribution in [1.29, 1.82) is 5.26 Å². The Hall–Kier alpha value is -1.49. The van der Waals surface area contributed by atoms with Crippen molar-refractivity contribution in [3.63, 3.8) is 0 Å². The van der Waals surface area contributed by atoms with Crippen LogP contribution in [-0.4, -0.2) is 6.10 Å². The second-order valence-corrected chi connectivity index (χ2v) is 4.63. The summed E-state index contributed by atoms with van der Waals surface area (Å²) >= 11 is 0. The highest BCUT2D eigenvalue weighted by Crippen LogP contribution is 2.21. The third kappa shape index (κ3) is 4.91. The smallest absolute Gasteiger partial charge is 0.122 e. The number of nitriles is 1. The summed E-state index contributed by atoms with van der Waals surface area (Å²) in [6, 6.07) is 8.53. The van der Waals surface area contributed by atoms with Crippen LogP contribution in [0.4, 0.5) is 0 Å². The monoisotopic (exact) mass is 231 g/mol. The van der Waals surface area contributed by atoms with Crippen molar-refractivity contribution in [2.75, 3.05) is 0 Å². The Morgan fingerprint density at radius 3 is 2.65 bits per heavy atom. The van der Waals surface area contributed by atoms with Crippen molar-refractivity contribution < 1.29 is 4.74 Å². The Labute approximate surface area is 104 Å². The standard InChI is InChI=1S/C15H21NO/c1-12(2)17-15-9-8-14(11-13(15)3)7-5-4-6-10-16/h8-9,11-12H,4-7H2,1-3H3. The summed E-state index contributed by atoms with van der Waals surface area (Å²) in [4.78, 5) is 0. The van der Waals surface area contributed by atoms with E-state index in [-0.39, 0.29) is 6.10 Å². The zero-order valence-electron chi connectivity index (χ0n) is 11.0. The lowest BCUT2D eigenvalue weighted by Gasteiger charge is -2.13. The number of hydrogen-bond donors (Lipinski definition) is 0. The number of unbranched alkanes of at least 4 members (excludes halogenated alkanes) is 2. The maximum Gasteiger partial charge on any atom is 0.122 e. The van der Waals surface area contributed by atoms with Gasteiger partial charge in [-0.15, -0.1) is 0 Å². The van der Waals surface area contributed by atoms with E-state index >= 15 is 0 Å². The van der Waals surface area contributed by atoms with E-state index in [2.05, 4.69) is 31.2 Å². The lowest BCUT2D eigenvalue weighted by Crippen LogP contribution is -2.06. The van der Waals surface area contributed by atoms with E-state index in [0.29, 0.717) is 6.42 Å². The van der Waals surface area contributed by atoms with E-state index in [1.165, 1.54) is 11.1 Å². The van der Waals surface area contributed by atoms with Crippen LogP contribution in [0.25, 0.3) is 0 Å². The molecule has 0 unspecified atom stereocenters. The molecule has 0 heterocycles. The zero-order chi connectivity index (χ0) is 12.7. The number of aryl methyl sites for hydroxylation is 2. The quantitative estimate of drug-likeness (QED) is 0.693. The van der Waals surface area contributed by atoms with Crippen LogP contribution >= 0.6 is 0 Å². The van der Waals surface area contributed by atoms with Crippen LogP contribution in [0.15, 0.2) is 18.2 Å². The highest BCUT2D eigenvalue weighted by Gasteiger charge is 2.03. The van der Waals surface area contributed by atoms with Crippen molar-refractivity contribution >= 4 is 0 Å². The Kier molecular flexibility index (Phi) is 5.56. The molecule has 0 radical (unpaired) electrons. The molecule has 0 N–H and O–H groups in total. The summed E-state index contributed by atoms with van der Waals surface area (Å²) in [6.07, 6.45) is 3.99. The molecule has 0 saturated heterocycles. The highest BCUT2D eigenvalue weighted by molar-refractivity contribution is 5.36. The van der Waals surface area contributed by atoms with Gasteiger partial charge in [0.25, 0.3) is 0 Å². The molecule has 0 spiro atoms. The second kappa shape index (κ2) is 6.96. The van der Waals surface area contributed by atoms with Gasteiger partial charge >= 0.3 is 0 Å². The van der Waals surface area contributed by atoms with Crippen LogP contribution in [0, 0.1) is 18.3 Å². The lowest BCUT2D eigenvalue weighted by atomic mass is 10.0. The van der Waals surface area contributed by atoms with E-state index in [1.54, 1.807) is 0 Å². The highest BCUT2D eigenvalue weighted by atomic mass is 16.5. The predicted molar refractivity (Wildman–Crippen MR) is 70.1 cm³/mol. The molecule has 0 saturated carbocycles. The first-order valence-corrected chi connectivity index (χ1v) is 6.26. The van der Waals surface area contributed by atoms with Gasteiger partial charge in [0.2, 0.25) is 0 Å². The average molecular weight is 231 g/mol. The minimum Gasteiger partial charge on any atom is -0.491 e. The molecule has 0 bridgehead atoms. The van der Waals surface area contributed by atoms with E-state index in [1.807, 2.05) is 13.8 Å². The number of benzene rings is 1. The minimum absolute atomic E-state index is 0.218. The van der Waals surface area contributed by atoms with Gasteiger partial charge in [0.1, 0.15) is 5.75 Å². The summed E-state index contributed by atoms with van der Waals surface area (Å²) in [5, 5.41) is 8.46. The fourth-order valence-corrected chi connectivity index (χ4v) is 1.79. The largest absolute Gasteiger partial charge is 0.491 e. The van der Waals surface area contributed by atoms with Crippen LogP contribution in [0.5, 0.6) is 5.75 Å². The molecule has 0 aromatic heterocycles. The third-order valence-electron chi connectivity index (χ3n) is 2.61. The maximum absolute atomic E-state index is 8.46. The van der Waals surface area contributed by atoms with E-state index < -0.39 is 0 Å². The Morgan fingerprint density at radius 2 is 2.06 bits per heavy atom. The third-order valence-corrected chi connectivity index (χ3v) is 2.61. The molecule has 1 rings (SSSR count). The molecule has 0 amide bonds. The minimum atomic E-state index is 0.218. The molecule has 0 aliphatic rings. The normalized spacial score (nSPS) is 10.3. The van der Waals surface area contributed by atoms with Crippen molar-refractivity contribution in [3.8, 4) is 11.8 Å². The van der Waals surface area contributed by atoms with Crippen molar-refractivity contribution in [3.05, 3.63) is 29.3 Å². The van der Waals surface area contributed by atoms with Crippen LogP contribution in [0.2, 0.25) is 0 Å². The van der Waals surface area contributed by atoms with Gasteiger partial charge in [-0.1, -0.05) is 12.1 Å². The molecule has 2 nitrogen and oxygen atoms in total. The van der Waals surface area contributed by atoms with Gasteiger partial charge in [0.05, 0.1) is 12.2 Å². The van der Waals surface area contributed by atoms with Gasteiger partial charge < -0.3 is 4.74 Å². The second-order valence-electron chi connectivity index (χ2n) is 4.63. The summed E-state index contributed by atoms with van der Waals surface area (Å²) < 4.78 is 5.70. The Bertz CT molecular complexity index is 390.